The van der Waals surface area contributed by atoms with E-state index in [9.17, 15) is 9.59 Å². The molecule has 0 radical (unpaired) electrons. The molecule has 0 saturated carbocycles. The molecule has 0 atom stereocenters. The molecule has 6 nitrogen and oxygen atoms in total. The van der Waals surface area contributed by atoms with E-state index in [1.165, 1.54) is 4.90 Å². The maximum absolute atomic E-state index is 13.3. The molecule has 1 saturated heterocycles. The topological polar surface area (TPSA) is 53.1 Å². The Labute approximate surface area is 174 Å². The fourth-order valence-corrected chi connectivity index (χ4v) is 3.89. The van der Waals surface area contributed by atoms with Gasteiger partial charge in [-0.15, -0.1) is 0 Å². The standard InChI is InChI=1S/C23H33N3O3/c1-3-5-17-29-18-9-12-26-22(27)20(19-10-7-6-8-11-19)21(23(26)28)25-15-13-24(4-2)14-16-25/h6-8,10-11H,3-5,9,12-18H2,1-2H3. The second-order valence-corrected chi connectivity index (χ2v) is 7.59. The lowest BCUT2D eigenvalue weighted by atomic mass is 10.0. The highest BCUT2D eigenvalue weighted by molar-refractivity contribution is 6.35. The number of hydrogen-bond donors (Lipinski definition) is 0. The molecular weight excluding hydrogens is 366 g/mol. The molecule has 2 amide bonds. The number of piperazine rings is 1. The van der Waals surface area contributed by atoms with Crippen LogP contribution in [0.4, 0.5) is 0 Å². The maximum Gasteiger partial charge on any atom is 0.277 e. The van der Waals surface area contributed by atoms with Crippen LogP contribution in [0.5, 0.6) is 0 Å². The van der Waals surface area contributed by atoms with E-state index in [1.54, 1.807) is 0 Å². The van der Waals surface area contributed by atoms with Gasteiger partial charge in [0.15, 0.2) is 0 Å². The van der Waals surface area contributed by atoms with Gasteiger partial charge in [0.2, 0.25) is 0 Å². The molecule has 29 heavy (non-hydrogen) atoms. The van der Waals surface area contributed by atoms with Gasteiger partial charge in [0.1, 0.15) is 5.70 Å². The van der Waals surface area contributed by atoms with Crippen LogP contribution in [0.3, 0.4) is 0 Å². The molecule has 0 bridgehead atoms. The largest absolute Gasteiger partial charge is 0.381 e. The Morgan fingerprint density at radius 1 is 0.897 bits per heavy atom. The lowest BCUT2D eigenvalue weighted by molar-refractivity contribution is -0.137. The van der Waals surface area contributed by atoms with Gasteiger partial charge in [-0.3, -0.25) is 14.5 Å². The van der Waals surface area contributed by atoms with E-state index < -0.39 is 0 Å². The Bertz CT molecular complexity index is 724. The molecule has 2 aliphatic rings. The molecule has 6 heteroatoms. The van der Waals surface area contributed by atoms with Gasteiger partial charge in [0.05, 0.1) is 5.57 Å². The highest BCUT2D eigenvalue weighted by Crippen LogP contribution is 2.32. The van der Waals surface area contributed by atoms with Crippen molar-refractivity contribution in [3.8, 4) is 0 Å². The fourth-order valence-electron chi connectivity index (χ4n) is 3.89. The van der Waals surface area contributed by atoms with Crippen molar-refractivity contribution in [1.29, 1.82) is 0 Å². The molecule has 0 aliphatic carbocycles. The van der Waals surface area contributed by atoms with Crippen LogP contribution in [0.15, 0.2) is 36.0 Å². The molecule has 3 rings (SSSR count). The van der Waals surface area contributed by atoms with Crippen LogP contribution < -0.4 is 0 Å². The van der Waals surface area contributed by atoms with Crippen molar-refractivity contribution in [2.75, 3.05) is 52.5 Å². The van der Waals surface area contributed by atoms with Gasteiger partial charge in [-0.25, -0.2) is 0 Å². The van der Waals surface area contributed by atoms with Crippen molar-refractivity contribution in [3.63, 3.8) is 0 Å². The first-order valence-corrected chi connectivity index (χ1v) is 10.9. The number of carbonyl (C=O) groups is 2. The van der Waals surface area contributed by atoms with Crippen molar-refractivity contribution in [2.45, 2.75) is 33.1 Å². The highest BCUT2D eigenvalue weighted by atomic mass is 16.5. The average molecular weight is 400 g/mol. The van der Waals surface area contributed by atoms with E-state index in [4.69, 9.17) is 4.74 Å². The van der Waals surface area contributed by atoms with Crippen LogP contribution in [-0.4, -0.2) is 79.0 Å². The average Bonchev–Trinajstić information content (AvgIpc) is 3.01. The number of carbonyl (C=O) groups excluding carboxylic acids is 2. The van der Waals surface area contributed by atoms with Crippen molar-refractivity contribution < 1.29 is 14.3 Å². The quantitative estimate of drug-likeness (QED) is 0.447. The molecule has 1 fully saturated rings. The third-order valence-electron chi connectivity index (χ3n) is 5.65. The summed E-state index contributed by atoms with van der Waals surface area (Å²) in [4.78, 5) is 32.4. The first-order valence-electron chi connectivity index (χ1n) is 10.9. The molecule has 0 N–H and O–H groups in total. The molecule has 2 heterocycles. The Hall–Kier alpha value is -2.18. The van der Waals surface area contributed by atoms with Gasteiger partial charge < -0.3 is 14.5 Å². The van der Waals surface area contributed by atoms with Gasteiger partial charge in [0.25, 0.3) is 11.8 Å². The maximum atomic E-state index is 13.3. The number of rotatable bonds is 10. The van der Waals surface area contributed by atoms with E-state index in [2.05, 4.69) is 23.6 Å². The number of amides is 2. The predicted molar refractivity (Wildman–Crippen MR) is 114 cm³/mol. The van der Waals surface area contributed by atoms with Crippen LogP contribution in [-0.2, 0) is 14.3 Å². The van der Waals surface area contributed by atoms with E-state index in [0.29, 0.717) is 30.8 Å². The highest BCUT2D eigenvalue weighted by Gasteiger charge is 2.41. The van der Waals surface area contributed by atoms with Crippen LogP contribution in [0.1, 0.15) is 38.7 Å². The van der Waals surface area contributed by atoms with Gasteiger partial charge in [0, 0.05) is 45.9 Å². The summed E-state index contributed by atoms with van der Waals surface area (Å²) in [6, 6.07) is 9.59. The van der Waals surface area contributed by atoms with Gasteiger partial charge in [-0.1, -0.05) is 50.6 Å². The lowest BCUT2D eigenvalue weighted by Crippen LogP contribution is -2.47. The Morgan fingerprint density at radius 3 is 2.24 bits per heavy atom. The SMILES string of the molecule is CCCCOCCCN1C(=O)C(c2ccccc2)=C(N2CCN(CC)CC2)C1=O. The summed E-state index contributed by atoms with van der Waals surface area (Å²) in [5.74, 6) is -0.338. The number of ether oxygens (including phenoxy) is 1. The molecule has 158 valence electrons. The van der Waals surface area contributed by atoms with Crippen molar-refractivity contribution >= 4 is 17.4 Å². The minimum Gasteiger partial charge on any atom is -0.381 e. The van der Waals surface area contributed by atoms with E-state index in [1.807, 2.05) is 30.3 Å². The Balaban J connectivity index is 1.75. The van der Waals surface area contributed by atoms with Crippen molar-refractivity contribution in [1.82, 2.24) is 14.7 Å². The van der Waals surface area contributed by atoms with Gasteiger partial charge >= 0.3 is 0 Å². The fraction of sp³-hybridized carbons (Fsp3) is 0.565. The smallest absolute Gasteiger partial charge is 0.277 e. The summed E-state index contributed by atoms with van der Waals surface area (Å²) in [7, 11) is 0. The second-order valence-electron chi connectivity index (χ2n) is 7.59. The minimum absolute atomic E-state index is 0.160. The molecule has 0 aromatic heterocycles. The molecule has 2 aliphatic heterocycles. The van der Waals surface area contributed by atoms with E-state index in [0.717, 1.165) is 57.7 Å². The number of unbranched alkanes of at least 4 members (excludes halogenated alkanes) is 1. The zero-order valence-corrected chi connectivity index (χ0v) is 17.7. The number of benzene rings is 1. The third kappa shape index (κ3) is 5.06. The number of imide groups is 1. The zero-order chi connectivity index (χ0) is 20.6. The summed E-state index contributed by atoms with van der Waals surface area (Å²) in [5, 5.41) is 0. The number of likely N-dealkylation sites (N-methyl/N-ethyl adjacent to an activating group) is 1. The summed E-state index contributed by atoms with van der Waals surface area (Å²) in [5.41, 5.74) is 1.94. The normalized spacial score (nSPS) is 18.3. The second kappa shape index (κ2) is 10.6. The van der Waals surface area contributed by atoms with Crippen LogP contribution in [0, 0.1) is 0 Å². The van der Waals surface area contributed by atoms with Crippen LogP contribution in [0.25, 0.3) is 5.57 Å². The number of nitrogens with zero attached hydrogens (tertiary/aromatic N) is 3. The Morgan fingerprint density at radius 2 is 1.59 bits per heavy atom. The molecule has 1 aromatic rings. The van der Waals surface area contributed by atoms with Crippen molar-refractivity contribution in [2.24, 2.45) is 0 Å². The molecule has 0 unspecified atom stereocenters. The molecule has 1 aromatic carbocycles. The summed E-state index contributed by atoms with van der Waals surface area (Å²) in [6.07, 6.45) is 2.80. The van der Waals surface area contributed by atoms with E-state index in [-0.39, 0.29) is 11.8 Å². The van der Waals surface area contributed by atoms with Gasteiger partial charge in [-0.2, -0.15) is 0 Å². The third-order valence-corrected chi connectivity index (χ3v) is 5.65. The summed E-state index contributed by atoms with van der Waals surface area (Å²) < 4.78 is 5.60. The lowest BCUT2D eigenvalue weighted by Gasteiger charge is -2.36. The van der Waals surface area contributed by atoms with Crippen LogP contribution in [0.2, 0.25) is 0 Å². The zero-order valence-electron chi connectivity index (χ0n) is 17.7. The molecular formula is C23H33N3O3. The van der Waals surface area contributed by atoms with Gasteiger partial charge in [-0.05, 0) is 24.9 Å². The molecule has 0 spiro atoms. The minimum atomic E-state index is -0.178. The summed E-state index contributed by atoms with van der Waals surface area (Å²) in [6.45, 7) is 10.4. The van der Waals surface area contributed by atoms with Crippen molar-refractivity contribution in [3.05, 3.63) is 41.6 Å². The first kappa shape index (κ1) is 21.5. The number of hydrogen-bond acceptors (Lipinski definition) is 5. The Kier molecular flexibility index (Phi) is 7.83. The predicted octanol–water partition coefficient (Wildman–Crippen LogP) is 2.61. The first-order chi connectivity index (χ1) is 14.2. The monoisotopic (exact) mass is 399 g/mol. The summed E-state index contributed by atoms with van der Waals surface area (Å²) >= 11 is 0. The van der Waals surface area contributed by atoms with E-state index >= 15 is 0 Å². The van der Waals surface area contributed by atoms with Crippen LogP contribution >= 0.6 is 0 Å².